The summed E-state index contributed by atoms with van der Waals surface area (Å²) in [5.74, 6) is 1.81. The van der Waals surface area contributed by atoms with E-state index in [1.807, 2.05) is 36.4 Å². The Morgan fingerprint density at radius 3 is 1.78 bits per heavy atom. The van der Waals surface area contributed by atoms with Crippen molar-refractivity contribution >= 4 is 39.9 Å². The number of nitrogens with one attached hydrogen (secondary N) is 3. The summed E-state index contributed by atoms with van der Waals surface area (Å²) in [5.41, 5.74) is 8.27. The van der Waals surface area contributed by atoms with Crippen molar-refractivity contribution in [3.63, 3.8) is 0 Å². The second-order valence-electron chi connectivity index (χ2n) is 13.3. The van der Waals surface area contributed by atoms with Crippen molar-refractivity contribution < 1.29 is 23.9 Å². The molecule has 2 aliphatic carbocycles. The van der Waals surface area contributed by atoms with Gasteiger partial charge < -0.3 is 31.2 Å². The summed E-state index contributed by atoms with van der Waals surface area (Å²) in [5, 5.41) is 10.8. The molecule has 6 rings (SSSR count). The smallest absolute Gasteiger partial charge is 0.256 e. The van der Waals surface area contributed by atoms with E-state index in [1.165, 1.54) is 51.4 Å². The molecule has 264 valence electrons. The number of ether oxygens (including phenoxy) is 2. The standard InChI is InChI=1S/C26H28N2O3.C15H22N2O2/c1-31-20-14-15-24(23(16-20)25(29)27-17-18-8-3-2-4-9-18)28-26(30)22-13-7-11-19-10-5-6-12-21(19)22;1-19-12-7-8-14(16)13(9-12)15(18)17-10-11-5-3-2-4-6-11/h5-7,10-16,18H,2-4,8-9,17H2,1H3,(H,27,29)(H,28,30);7-9,11H,2-6,10,16H2,1H3,(H,17,18). The molecule has 5 N–H and O–H groups in total. The maximum atomic E-state index is 13.1. The van der Waals surface area contributed by atoms with E-state index in [-0.39, 0.29) is 17.7 Å². The molecule has 9 heteroatoms. The van der Waals surface area contributed by atoms with Gasteiger partial charge in [0.2, 0.25) is 0 Å². The molecule has 0 aromatic heterocycles. The molecule has 2 aliphatic rings. The van der Waals surface area contributed by atoms with Gasteiger partial charge in [0, 0.05) is 24.3 Å². The number of hydrogen-bond donors (Lipinski definition) is 4. The Balaban J connectivity index is 0.000000219. The van der Waals surface area contributed by atoms with Crippen molar-refractivity contribution in [1.82, 2.24) is 10.6 Å². The molecule has 50 heavy (non-hydrogen) atoms. The van der Waals surface area contributed by atoms with Crippen molar-refractivity contribution in [3.05, 3.63) is 95.6 Å². The van der Waals surface area contributed by atoms with E-state index in [2.05, 4.69) is 16.0 Å². The molecule has 9 nitrogen and oxygen atoms in total. The van der Waals surface area contributed by atoms with E-state index >= 15 is 0 Å². The van der Waals surface area contributed by atoms with Gasteiger partial charge in [-0.05, 0) is 90.8 Å². The van der Waals surface area contributed by atoms with Crippen LogP contribution in [0.3, 0.4) is 0 Å². The first kappa shape index (κ1) is 36.2. The van der Waals surface area contributed by atoms with Crippen LogP contribution < -0.4 is 31.2 Å². The molecule has 0 unspecified atom stereocenters. The number of hydrogen-bond acceptors (Lipinski definition) is 6. The number of nitrogens with two attached hydrogens (primary N) is 1. The van der Waals surface area contributed by atoms with Gasteiger partial charge in [-0.15, -0.1) is 0 Å². The molecule has 0 aliphatic heterocycles. The van der Waals surface area contributed by atoms with Gasteiger partial charge >= 0.3 is 0 Å². The number of benzene rings is 4. The molecule has 0 radical (unpaired) electrons. The molecule has 0 heterocycles. The molecule has 0 bridgehead atoms. The minimum Gasteiger partial charge on any atom is -0.497 e. The number of fused-ring (bicyclic) bond motifs is 1. The lowest BCUT2D eigenvalue weighted by atomic mass is 9.89. The van der Waals surface area contributed by atoms with Crippen LogP contribution >= 0.6 is 0 Å². The zero-order valence-electron chi connectivity index (χ0n) is 29.3. The number of methoxy groups -OCH3 is 2. The maximum absolute atomic E-state index is 13.1. The van der Waals surface area contributed by atoms with Crippen LogP contribution in [0.5, 0.6) is 11.5 Å². The van der Waals surface area contributed by atoms with E-state index in [1.54, 1.807) is 56.7 Å². The summed E-state index contributed by atoms with van der Waals surface area (Å²) in [6, 6.07) is 23.7. The van der Waals surface area contributed by atoms with Crippen LogP contribution in [0.2, 0.25) is 0 Å². The molecule has 3 amide bonds. The highest BCUT2D eigenvalue weighted by Crippen LogP contribution is 2.27. The Kier molecular flexibility index (Phi) is 13.1. The second kappa shape index (κ2) is 18.1. The Labute approximate surface area is 295 Å². The minimum absolute atomic E-state index is 0.109. The average Bonchev–Trinajstić information content (AvgIpc) is 3.17. The monoisotopic (exact) mass is 678 g/mol. The number of carbonyl (C=O) groups is 3. The van der Waals surface area contributed by atoms with E-state index in [4.69, 9.17) is 15.2 Å². The summed E-state index contributed by atoms with van der Waals surface area (Å²) in [6.07, 6.45) is 12.4. The quantitative estimate of drug-likeness (QED) is 0.126. The Morgan fingerprint density at radius 2 is 1.16 bits per heavy atom. The van der Waals surface area contributed by atoms with Crippen molar-refractivity contribution in [3.8, 4) is 11.5 Å². The first-order valence-corrected chi connectivity index (χ1v) is 17.8. The predicted molar refractivity (Wildman–Crippen MR) is 200 cm³/mol. The second-order valence-corrected chi connectivity index (χ2v) is 13.3. The third-order valence-electron chi connectivity index (χ3n) is 9.81. The lowest BCUT2D eigenvalue weighted by Gasteiger charge is -2.22. The van der Waals surface area contributed by atoms with Gasteiger partial charge in [-0.1, -0.05) is 74.9 Å². The largest absolute Gasteiger partial charge is 0.497 e. The molecular formula is C41H50N4O5. The number of nitrogen functional groups attached to an aromatic ring is 1. The van der Waals surface area contributed by atoms with Gasteiger partial charge in [-0.2, -0.15) is 0 Å². The minimum atomic E-state index is -0.247. The summed E-state index contributed by atoms with van der Waals surface area (Å²) >= 11 is 0. The van der Waals surface area contributed by atoms with Crippen LogP contribution in [-0.4, -0.2) is 45.0 Å². The number of amides is 3. The highest BCUT2D eigenvalue weighted by atomic mass is 16.5. The van der Waals surface area contributed by atoms with Crippen molar-refractivity contribution in [2.45, 2.75) is 64.2 Å². The van der Waals surface area contributed by atoms with E-state index < -0.39 is 0 Å². The van der Waals surface area contributed by atoms with E-state index in [0.717, 1.165) is 30.2 Å². The topological polar surface area (TPSA) is 132 Å². The fraction of sp³-hybridized carbons (Fsp3) is 0.390. The van der Waals surface area contributed by atoms with Gasteiger partial charge in [-0.25, -0.2) is 0 Å². The molecule has 0 spiro atoms. The lowest BCUT2D eigenvalue weighted by Crippen LogP contribution is -2.31. The Hall–Kier alpha value is -5.05. The van der Waals surface area contributed by atoms with Crippen LogP contribution in [0.15, 0.2) is 78.9 Å². The zero-order chi connectivity index (χ0) is 35.3. The van der Waals surface area contributed by atoms with Gasteiger partial charge in [0.15, 0.2) is 0 Å². The first-order valence-electron chi connectivity index (χ1n) is 17.8. The summed E-state index contributed by atoms with van der Waals surface area (Å²) in [6.45, 7) is 1.40. The molecule has 0 saturated heterocycles. The van der Waals surface area contributed by atoms with Crippen molar-refractivity contribution in [2.24, 2.45) is 11.8 Å². The van der Waals surface area contributed by atoms with Gasteiger partial charge in [0.25, 0.3) is 17.7 Å². The van der Waals surface area contributed by atoms with E-state index in [0.29, 0.717) is 57.9 Å². The van der Waals surface area contributed by atoms with Crippen LogP contribution in [0.25, 0.3) is 10.8 Å². The molecule has 2 fully saturated rings. The number of anilines is 2. The van der Waals surface area contributed by atoms with Crippen LogP contribution in [-0.2, 0) is 0 Å². The van der Waals surface area contributed by atoms with Crippen LogP contribution in [0, 0.1) is 11.8 Å². The van der Waals surface area contributed by atoms with Crippen LogP contribution in [0.4, 0.5) is 11.4 Å². The number of carbonyl (C=O) groups excluding carboxylic acids is 3. The van der Waals surface area contributed by atoms with Crippen molar-refractivity contribution in [1.29, 1.82) is 0 Å². The third-order valence-corrected chi connectivity index (χ3v) is 9.81. The van der Waals surface area contributed by atoms with Gasteiger partial charge in [0.05, 0.1) is 31.0 Å². The van der Waals surface area contributed by atoms with E-state index in [9.17, 15) is 14.4 Å². The highest BCUT2D eigenvalue weighted by Gasteiger charge is 2.20. The molecule has 4 aromatic rings. The van der Waals surface area contributed by atoms with Crippen molar-refractivity contribution in [2.75, 3.05) is 38.4 Å². The summed E-state index contributed by atoms with van der Waals surface area (Å²) in [4.78, 5) is 38.2. The fourth-order valence-corrected chi connectivity index (χ4v) is 6.87. The summed E-state index contributed by atoms with van der Waals surface area (Å²) < 4.78 is 10.4. The van der Waals surface area contributed by atoms with Gasteiger partial charge in [-0.3, -0.25) is 14.4 Å². The predicted octanol–water partition coefficient (Wildman–Crippen LogP) is 8.00. The normalized spacial score (nSPS) is 14.9. The van der Waals surface area contributed by atoms with Crippen LogP contribution in [0.1, 0.15) is 95.3 Å². The number of rotatable bonds is 10. The molecule has 4 aromatic carbocycles. The lowest BCUT2D eigenvalue weighted by molar-refractivity contribution is 0.0935. The molecule has 2 saturated carbocycles. The average molecular weight is 679 g/mol. The Morgan fingerprint density at radius 1 is 0.620 bits per heavy atom. The Bertz CT molecular complexity index is 1760. The third kappa shape index (κ3) is 9.77. The van der Waals surface area contributed by atoms with Gasteiger partial charge in [0.1, 0.15) is 11.5 Å². The molecule has 0 atom stereocenters. The SMILES string of the molecule is COc1ccc(N)c(C(=O)NCC2CCCCC2)c1.COc1ccc(NC(=O)c2cccc3ccccc23)c(C(=O)NCC2CCCCC2)c1. The fourth-order valence-electron chi connectivity index (χ4n) is 6.87. The zero-order valence-corrected chi connectivity index (χ0v) is 29.3. The molecular weight excluding hydrogens is 628 g/mol. The summed E-state index contributed by atoms with van der Waals surface area (Å²) in [7, 11) is 3.14. The maximum Gasteiger partial charge on any atom is 0.256 e. The first-order chi connectivity index (χ1) is 24.4. The highest BCUT2D eigenvalue weighted by molar-refractivity contribution is 6.15.